The quantitative estimate of drug-likeness (QED) is 0.495. The van der Waals surface area contributed by atoms with Crippen molar-refractivity contribution < 1.29 is 4.79 Å². The lowest BCUT2D eigenvalue weighted by molar-refractivity contribution is -0.116. The van der Waals surface area contributed by atoms with E-state index in [4.69, 9.17) is 4.98 Å². The second-order valence-corrected chi connectivity index (χ2v) is 6.96. The number of aromatic nitrogens is 2. The highest BCUT2D eigenvalue weighted by Crippen LogP contribution is 2.28. The molecule has 0 radical (unpaired) electrons. The summed E-state index contributed by atoms with van der Waals surface area (Å²) < 4.78 is 0. The van der Waals surface area contributed by atoms with Gasteiger partial charge in [0.25, 0.3) is 5.91 Å². The molecule has 0 unspecified atom stereocenters. The van der Waals surface area contributed by atoms with Crippen LogP contribution in [0, 0.1) is 0 Å². The van der Waals surface area contributed by atoms with Crippen LogP contribution in [0.4, 0.5) is 5.82 Å². The first-order chi connectivity index (χ1) is 14.8. The van der Waals surface area contributed by atoms with Crippen molar-refractivity contribution in [2.24, 2.45) is 5.10 Å². The first-order valence-electron chi connectivity index (χ1n) is 9.74. The van der Waals surface area contributed by atoms with Crippen molar-refractivity contribution in [3.05, 3.63) is 103 Å². The molecule has 144 valence electrons. The van der Waals surface area contributed by atoms with Crippen molar-refractivity contribution in [1.29, 1.82) is 0 Å². The number of benzene rings is 3. The molecule has 0 saturated heterocycles. The van der Waals surface area contributed by atoms with E-state index in [0.717, 1.165) is 28.1 Å². The molecule has 5 heteroatoms. The van der Waals surface area contributed by atoms with E-state index in [2.05, 4.69) is 10.1 Å². The largest absolute Gasteiger partial charge is 0.272 e. The predicted octanol–water partition coefficient (Wildman–Crippen LogP) is 4.95. The van der Waals surface area contributed by atoms with Gasteiger partial charge in [-0.25, -0.2) is 9.97 Å². The topological polar surface area (TPSA) is 58.5 Å². The number of hydrogen-bond donors (Lipinski definition) is 0. The van der Waals surface area contributed by atoms with Crippen LogP contribution in [0.15, 0.2) is 102 Å². The number of rotatable bonds is 4. The van der Waals surface area contributed by atoms with Crippen molar-refractivity contribution >= 4 is 17.4 Å². The molecule has 4 aromatic rings. The molecule has 0 saturated carbocycles. The van der Waals surface area contributed by atoms with Crippen LogP contribution in [0.1, 0.15) is 12.0 Å². The molecule has 3 aromatic carbocycles. The van der Waals surface area contributed by atoms with E-state index in [-0.39, 0.29) is 12.3 Å². The Labute approximate surface area is 174 Å². The zero-order valence-electron chi connectivity index (χ0n) is 16.1. The lowest BCUT2D eigenvalue weighted by atomic mass is 10.1. The smallest absolute Gasteiger partial charge is 0.254 e. The molecule has 1 aliphatic heterocycles. The summed E-state index contributed by atoms with van der Waals surface area (Å²) in [6.45, 7) is 0. The molecule has 1 aromatic heterocycles. The highest BCUT2D eigenvalue weighted by Gasteiger charge is 2.28. The van der Waals surface area contributed by atoms with Gasteiger partial charge in [0.15, 0.2) is 11.6 Å². The molecule has 1 aliphatic rings. The first-order valence-corrected chi connectivity index (χ1v) is 9.74. The summed E-state index contributed by atoms with van der Waals surface area (Å²) in [6, 6.07) is 31.2. The summed E-state index contributed by atoms with van der Waals surface area (Å²) in [4.78, 5) is 22.2. The lowest BCUT2D eigenvalue weighted by Gasteiger charge is -2.14. The molecule has 0 spiro atoms. The highest BCUT2D eigenvalue weighted by atomic mass is 16.2. The molecule has 30 heavy (non-hydrogen) atoms. The third-order valence-electron chi connectivity index (χ3n) is 4.91. The molecule has 0 aliphatic carbocycles. The van der Waals surface area contributed by atoms with Gasteiger partial charge >= 0.3 is 0 Å². The maximum Gasteiger partial charge on any atom is 0.254 e. The molecule has 5 rings (SSSR count). The third-order valence-corrected chi connectivity index (χ3v) is 4.91. The van der Waals surface area contributed by atoms with Gasteiger partial charge < -0.3 is 0 Å². The van der Waals surface area contributed by atoms with Gasteiger partial charge in [0.05, 0.1) is 17.8 Å². The minimum atomic E-state index is -0.106. The lowest BCUT2D eigenvalue weighted by Crippen LogP contribution is -2.21. The van der Waals surface area contributed by atoms with E-state index < -0.39 is 0 Å². The van der Waals surface area contributed by atoms with Gasteiger partial charge in [0.2, 0.25) is 0 Å². The fraction of sp³-hybridized carbons (Fsp3) is 0.0400. The molecular formula is C25H18N4O. The van der Waals surface area contributed by atoms with E-state index >= 15 is 0 Å². The van der Waals surface area contributed by atoms with Gasteiger partial charge in [-0.1, -0.05) is 91.0 Å². The summed E-state index contributed by atoms with van der Waals surface area (Å²) >= 11 is 0. The van der Waals surface area contributed by atoms with Crippen LogP contribution in [-0.2, 0) is 4.79 Å². The van der Waals surface area contributed by atoms with Crippen molar-refractivity contribution in [3.8, 4) is 22.6 Å². The number of nitrogens with zero attached hydrogens (tertiary/aromatic N) is 4. The molecular weight excluding hydrogens is 372 g/mol. The second-order valence-electron chi connectivity index (χ2n) is 6.96. The molecule has 2 heterocycles. The minimum Gasteiger partial charge on any atom is -0.272 e. The standard InChI is InChI=1S/C25H18N4O/c30-24-17-22(19-12-6-2-7-13-19)28-29(24)23-16-21(18-10-4-1-5-11-18)26-25(27-23)20-14-8-3-9-15-20/h1-16H,17H2. The Hall–Kier alpha value is -4.12. The van der Waals surface area contributed by atoms with E-state index in [0.29, 0.717) is 11.6 Å². The maximum atomic E-state index is 12.8. The molecule has 0 bridgehead atoms. The number of hydrazone groups is 1. The van der Waals surface area contributed by atoms with Gasteiger partial charge in [-0.05, 0) is 5.56 Å². The van der Waals surface area contributed by atoms with E-state index in [1.165, 1.54) is 5.01 Å². The average molecular weight is 390 g/mol. The Morgan fingerprint density at radius 3 is 1.87 bits per heavy atom. The van der Waals surface area contributed by atoms with Crippen molar-refractivity contribution in [3.63, 3.8) is 0 Å². The highest BCUT2D eigenvalue weighted by molar-refractivity contribution is 6.19. The normalized spacial score (nSPS) is 13.4. The van der Waals surface area contributed by atoms with Gasteiger partial charge in [-0.2, -0.15) is 10.1 Å². The number of anilines is 1. The summed E-state index contributed by atoms with van der Waals surface area (Å²) in [6.07, 6.45) is 0.245. The summed E-state index contributed by atoms with van der Waals surface area (Å²) in [7, 11) is 0. The maximum absolute atomic E-state index is 12.8. The number of carbonyl (C=O) groups is 1. The van der Waals surface area contributed by atoms with Crippen molar-refractivity contribution in [2.45, 2.75) is 6.42 Å². The molecule has 0 atom stereocenters. The summed E-state index contributed by atoms with van der Waals surface area (Å²) in [5.41, 5.74) is 4.26. The Bertz CT molecular complexity index is 1160. The monoisotopic (exact) mass is 390 g/mol. The van der Waals surface area contributed by atoms with Crippen LogP contribution in [0.25, 0.3) is 22.6 Å². The average Bonchev–Trinajstić information content (AvgIpc) is 3.22. The van der Waals surface area contributed by atoms with Crippen molar-refractivity contribution in [1.82, 2.24) is 9.97 Å². The van der Waals surface area contributed by atoms with Crippen LogP contribution in [-0.4, -0.2) is 21.6 Å². The Morgan fingerprint density at radius 1 is 0.667 bits per heavy atom. The third kappa shape index (κ3) is 3.49. The molecule has 1 amide bonds. The van der Waals surface area contributed by atoms with Gasteiger partial charge in [-0.3, -0.25) is 4.79 Å². The van der Waals surface area contributed by atoms with Gasteiger partial charge in [0, 0.05) is 17.2 Å². The number of amides is 1. The van der Waals surface area contributed by atoms with Gasteiger partial charge in [0.1, 0.15) is 0 Å². The Balaban J connectivity index is 1.62. The van der Waals surface area contributed by atoms with E-state index in [1.54, 1.807) is 0 Å². The fourth-order valence-corrected chi connectivity index (χ4v) is 3.42. The number of carbonyl (C=O) groups excluding carboxylic acids is 1. The van der Waals surface area contributed by atoms with E-state index in [9.17, 15) is 4.79 Å². The van der Waals surface area contributed by atoms with Crippen LogP contribution in [0.2, 0.25) is 0 Å². The minimum absolute atomic E-state index is 0.106. The zero-order chi connectivity index (χ0) is 20.3. The molecule has 0 N–H and O–H groups in total. The van der Waals surface area contributed by atoms with Crippen molar-refractivity contribution in [2.75, 3.05) is 5.01 Å². The SMILES string of the molecule is O=C1CC(c2ccccc2)=NN1c1cc(-c2ccccc2)nc(-c2ccccc2)n1. The molecule has 0 fully saturated rings. The first kappa shape index (κ1) is 17.9. The Kier molecular flexibility index (Phi) is 4.62. The summed E-state index contributed by atoms with van der Waals surface area (Å²) in [5.74, 6) is 0.923. The van der Waals surface area contributed by atoms with E-state index in [1.807, 2.05) is 97.1 Å². The van der Waals surface area contributed by atoms with Crippen LogP contribution < -0.4 is 5.01 Å². The summed E-state index contributed by atoms with van der Waals surface area (Å²) in [5, 5.41) is 5.98. The predicted molar refractivity (Wildman–Crippen MR) is 118 cm³/mol. The second kappa shape index (κ2) is 7.72. The fourth-order valence-electron chi connectivity index (χ4n) is 3.42. The number of hydrogen-bond acceptors (Lipinski definition) is 4. The Morgan fingerprint density at radius 2 is 1.23 bits per heavy atom. The van der Waals surface area contributed by atoms with Gasteiger partial charge in [-0.15, -0.1) is 0 Å². The van der Waals surface area contributed by atoms with Crippen LogP contribution >= 0.6 is 0 Å². The molecule has 5 nitrogen and oxygen atoms in total. The van der Waals surface area contributed by atoms with Crippen LogP contribution in [0.3, 0.4) is 0 Å². The van der Waals surface area contributed by atoms with Crippen LogP contribution in [0.5, 0.6) is 0 Å². The zero-order valence-corrected chi connectivity index (χ0v) is 16.1.